The number of primary amides is 1. The first kappa shape index (κ1) is 7.24. The van der Waals surface area contributed by atoms with Crippen LogP contribution in [0.5, 0.6) is 0 Å². The SMILES string of the molecule is NC(=O)c1cc2cscc2cn1. The number of nitrogens with zero attached hydrogens (tertiary/aromatic N) is 1. The van der Waals surface area contributed by atoms with E-state index in [0.29, 0.717) is 5.69 Å². The molecule has 0 bridgehead atoms. The Hall–Kier alpha value is -1.42. The summed E-state index contributed by atoms with van der Waals surface area (Å²) in [7, 11) is 0. The van der Waals surface area contributed by atoms with E-state index in [2.05, 4.69) is 4.98 Å². The second-order valence-corrected chi connectivity index (χ2v) is 3.18. The van der Waals surface area contributed by atoms with Gasteiger partial charge in [0.1, 0.15) is 5.69 Å². The number of fused-ring (bicyclic) bond motifs is 1. The molecule has 0 spiro atoms. The molecule has 4 heteroatoms. The Morgan fingerprint density at radius 2 is 2.17 bits per heavy atom. The molecule has 60 valence electrons. The number of carbonyl (C=O) groups is 1. The second-order valence-electron chi connectivity index (χ2n) is 2.43. The number of aromatic nitrogens is 1. The Balaban J connectivity index is 2.68. The molecule has 12 heavy (non-hydrogen) atoms. The lowest BCUT2D eigenvalue weighted by atomic mass is 10.2. The lowest BCUT2D eigenvalue weighted by molar-refractivity contribution is 0.0996. The van der Waals surface area contributed by atoms with Crippen molar-refractivity contribution in [3.05, 3.63) is 28.7 Å². The molecular formula is C8H6N2OS. The van der Waals surface area contributed by atoms with Gasteiger partial charge in [0.05, 0.1) is 0 Å². The summed E-state index contributed by atoms with van der Waals surface area (Å²) >= 11 is 1.58. The third-order valence-corrected chi connectivity index (χ3v) is 2.39. The largest absolute Gasteiger partial charge is 0.364 e. The normalized spacial score (nSPS) is 10.3. The highest BCUT2D eigenvalue weighted by Crippen LogP contribution is 2.18. The van der Waals surface area contributed by atoms with Gasteiger partial charge in [0, 0.05) is 17.0 Å². The third-order valence-electron chi connectivity index (χ3n) is 1.61. The maximum absolute atomic E-state index is 10.7. The van der Waals surface area contributed by atoms with E-state index in [9.17, 15) is 4.79 Å². The van der Waals surface area contributed by atoms with Crippen LogP contribution in [-0.2, 0) is 0 Å². The molecule has 2 aromatic rings. The van der Waals surface area contributed by atoms with Gasteiger partial charge in [-0.3, -0.25) is 9.78 Å². The van der Waals surface area contributed by atoms with Crippen molar-refractivity contribution in [2.45, 2.75) is 0 Å². The summed E-state index contributed by atoms with van der Waals surface area (Å²) in [4.78, 5) is 14.6. The molecule has 0 aliphatic rings. The first-order valence-electron chi connectivity index (χ1n) is 3.39. The van der Waals surface area contributed by atoms with Gasteiger partial charge < -0.3 is 5.73 Å². The quantitative estimate of drug-likeness (QED) is 0.717. The maximum atomic E-state index is 10.7. The minimum absolute atomic E-state index is 0.320. The van der Waals surface area contributed by atoms with Crippen LogP contribution in [0.15, 0.2) is 23.0 Å². The van der Waals surface area contributed by atoms with Crippen molar-refractivity contribution >= 4 is 28.0 Å². The van der Waals surface area contributed by atoms with Crippen LogP contribution in [0.2, 0.25) is 0 Å². The van der Waals surface area contributed by atoms with Crippen molar-refractivity contribution in [3.8, 4) is 0 Å². The van der Waals surface area contributed by atoms with E-state index >= 15 is 0 Å². The van der Waals surface area contributed by atoms with Crippen LogP contribution < -0.4 is 5.73 Å². The summed E-state index contributed by atoms with van der Waals surface area (Å²) in [5, 5.41) is 6.00. The molecule has 0 aliphatic carbocycles. The number of nitrogens with two attached hydrogens (primary N) is 1. The van der Waals surface area contributed by atoms with Crippen molar-refractivity contribution < 1.29 is 4.79 Å². The highest BCUT2D eigenvalue weighted by Gasteiger charge is 2.02. The van der Waals surface area contributed by atoms with Crippen LogP contribution in [0.3, 0.4) is 0 Å². The van der Waals surface area contributed by atoms with E-state index < -0.39 is 5.91 Å². The van der Waals surface area contributed by atoms with Gasteiger partial charge in [-0.15, -0.1) is 0 Å². The topological polar surface area (TPSA) is 56.0 Å². The van der Waals surface area contributed by atoms with Crippen LogP contribution in [0, 0.1) is 0 Å². The van der Waals surface area contributed by atoms with Crippen LogP contribution in [0.1, 0.15) is 10.5 Å². The molecule has 2 heterocycles. The van der Waals surface area contributed by atoms with Gasteiger partial charge in [-0.05, 0) is 16.8 Å². The molecule has 0 aromatic carbocycles. The first-order chi connectivity index (χ1) is 5.77. The van der Waals surface area contributed by atoms with Gasteiger partial charge in [-0.2, -0.15) is 11.3 Å². The van der Waals surface area contributed by atoms with Crippen molar-refractivity contribution in [2.24, 2.45) is 5.73 Å². The molecule has 2 rings (SSSR count). The molecule has 0 unspecified atom stereocenters. The molecule has 2 aromatic heterocycles. The zero-order chi connectivity index (χ0) is 8.55. The number of pyridine rings is 1. The average molecular weight is 178 g/mol. The molecule has 2 N–H and O–H groups in total. The molecule has 0 saturated heterocycles. The van der Waals surface area contributed by atoms with Crippen LogP contribution in [0.4, 0.5) is 0 Å². The van der Waals surface area contributed by atoms with E-state index in [0.717, 1.165) is 10.8 Å². The second kappa shape index (κ2) is 2.57. The van der Waals surface area contributed by atoms with Gasteiger partial charge in [0.2, 0.25) is 0 Å². The smallest absolute Gasteiger partial charge is 0.267 e. The first-order valence-corrected chi connectivity index (χ1v) is 4.33. The maximum Gasteiger partial charge on any atom is 0.267 e. The van der Waals surface area contributed by atoms with Gasteiger partial charge in [-0.25, -0.2) is 0 Å². The molecule has 3 nitrogen and oxygen atoms in total. The monoisotopic (exact) mass is 178 g/mol. The number of amides is 1. The summed E-state index contributed by atoms with van der Waals surface area (Å²) in [6.45, 7) is 0. The third kappa shape index (κ3) is 1.06. The van der Waals surface area contributed by atoms with Gasteiger partial charge >= 0.3 is 0 Å². The lowest BCUT2D eigenvalue weighted by Crippen LogP contribution is -2.12. The van der Waals surface area contributed by atoms with Crippen LogP contribution in [0.25, 0.3) is 10.8 Å². The van der Waals surface area contributed by atoms with Crippen molar-refractivity contribution in [2.75, 3.05) is 0 Å². The number of hydrogen-bond acceptors (Lipinski definition) is 3. The zero-order valence-corrected chi connectivity index (χ0v) is 6.97. The Kier molecular flexibility index (Phi) is 1.55. The van der Waals surface area contributed by atoms with Crippen molar-refractivity contribution in [1.29, 1.82) is 0 Å². The summed E-state index contributed by atoms with van der Waals surface area (Å²) in [5.74, 6) is -0.483. The predicted molar refractivity (Wildman–Crippen MR) is 48.1 cm³/mol. The number of carbonyl (C=O) groups excluding carboxylic acids is 1. The fraction of sp³-hybridized carbons (Fsp3) is 0. The molecule has 0 radical (unpaired) electrons. The van der Waals surface area contributed by atoms with Crippen LogP contribution >= 0.6 is 11.3 Å². The minimum Gasteiger partial charge on any atom is -0.364 e. The van der Waals surface area contributed by atoms with E-state index in [1.165, 1.54) is 0 Å². The lowest BCUT2D eigenvalue weighted by Gasteiger charge is -1.93. The van der Waals surface area contributed by atoms with E-state index in [1.54, 1.807) is 23.6 Å². The molecule has 0 saturated carbocycles. The summed E-state index contributed by atoms with van der Waals surface area (Å²) < 4.78 is 0. The summed E-state index contributed by atoms with van der Waals surface area (Å²) in [6.07, 6.45) is 1.66. The molecule has 0 fully saturated rings. The number of rotatable bonds is 1. The number of hydrogen-bond donors (Lipinski definition) is 1. The Bertz CT molecular complexity index is 435. The molecule has 0 atom stereocenters. The molecule has 0 aliphatic heterocycles. The van der Waals surface area contributed by atoms with E-state index in [1.807, 2.05) is 10.8 Å². The Morgan fingerprint density at radius 3 is 2.92 bits per heavy atom. The zero-order valence-electron chi connectivity index (χ0n) is 6.15. The standard InChI is InChI=1S/C8H6N2OS/c9-8(11)7-1-5-3-12-4-6(5)2-10-7/h1-4H,(H2,9,11). The van der Waals surface area contributed by atoms with Gasteiger partial charge in [0.15, 0.2) is 0 Å². The Labute approximate surface area is 72.8 Å². The number of thiophene rings is 1. The molecule has 1 amide bonds. The van der Waals surface area contributed by atoms with Crippen molar-refractivity contribution in [3.63, 3.8) is 0 Å². The van der Waals surface area contributed by atoms with E-state index in [4.69, 9.17) is 5.73 Å². The average Bonchev–Trinajstić information content (AvgIpc) is 2.49. The highest BCUT2D eigenvalue weighted by atomic mass is 32.1. The van der Waals surface area contributed by atoms with Crippen LogP contribution in [-0.4, -0.2) is 10.9 Å². The fourth-order valence-electron chi connectivity index (χ4n) is 0.997. The van der Waals surface area contributed by atoms with Gasteiger partial charge in [-0.1, -0.05) is 0 Å². The highest BCUT2D eigenvalue weighted by molar-refractivity contribution is 7.09. The fourth-order valence-corrected chi connectivity index (χ4v) is 1.76. The van der Waals surface area contributed by atoms with E-state index in [-0.39, 0.29) is 0 Å². The minimum atomic E-state index is -0.483. The van der Waals surface area contributed by atoms with Crippen molar-refractivity contribution in [1.82, 2.24) is 4.98 Å². The summed E-state index contributed by atoms with van der Waals surface area (Å²) in [5.41, 5.74) is 5.40. The Morgan fingerprint density at radius 1 is 1.42 bits per heavy atom. The molecular weight excluding hydrogens is 172 g/mol. The van der Waals surface area contributed by atoms with Gasteiger partial charge in [0.25, 0.3) is 5.91 Å². The predicted octanol–water partition coefficient (Wildman–Crippen LogP) is 1.40. The summed E-state index contributed by atoms with van der Waals surface area (Å²) in [6, 6.07) is 1.70.